The summed E-state index contributed by atoms with van der Waals surface area (Å²) in [4.78, 5) is 13.1. The molecule has 2 rings (SSSR count). The van der Waals surface area contributed by atoms with E-state index in [9.17, 15) is 40.5 Å². The van der Waals surface area contributed by atoms with Gasteiger partial charge in [-0.25, -0.2) is 0 Å². The van der Waals surface area contributed by atoms with Crippen molar-refractivity contribution in [1.82, 2.24) is 0 Å². The van der Waals surface area contributed by atoms with Gasteiger partial charge in [0, 0.05) is 13.0 Å². The SMILES string of the molecule is CC/C=C\C/C=C\C/C=C\C/C=C\C/C=C\C/C=C\CCCOCC(COC1OC(COC2OC(CO)C(O)C(O)C2O)C(O)C(O)C1O)OC(=O)CCCCCCCCCCCCCCCCCCCCCCCCC. The first-order valence-corrected chi connectivity index (χ1v) is 30.5. The normalized spacial score (nSPS) is 24.8. The van der Waals surface area contributed by atoms with E-state index in [2.05, 4.69) is 86.8 Å². The van der Waals surface area contributed by atoms with Crippen LogP contribution >= 0.6 is 0 Å². The lowest BCUT2D eigenvalue weighted by molar-refractivity contribution is -0.332. The molecule has 2 saturated heterocycles. The summed E-state index contributed by atoms with van der Waals surface area (Å²) in [6.45, 7) is 3.44. The molecule has 0 amide bonds. The highest BCUT2D eigenvalue weighted by Crippen LogP contribution is 2.27. The number of esters is 1. The highest BCUT2D eigenvalue weighted by atomic mass is 16.7. The van der Waals surface area contributed by atoms with Gasteiger partial charge >= 0.3 is 5.97 Å². The van der Waals surface area contributed by atoms with Gasteiger partial charge in [0.1, 0.15) is 54.9 Å². The molecule has 0 saturated carbocycles. The number of hydrogen-bond donors (Lipinski definition) is 7. The van der Waals surface area contributed by atoms with Crippen molar-refractivity contribution in [2.75, 3.05) is 33.0 Å². The van der Waals surface area contributed by atoms with E-state index in [-0.39, 0.29) is 19.6 Å². The van der Waals surface area contributed by atoms with Gasteiger partial charge in [-0.1, -0.05) is 228 Å². The van der Waals surface area contributed by atoms with Crippen molar-refractivity contribution in [2.45, 2.75) is 287 Å². The van der Waals surface area contributed by atoms with E-state index in [1.165, 1.54) is 122 Å². The number of hydrogen-bond acceptors (Lipinski definition) is 14. The summed E-state index contributed by atoms with van der Waals surface area (Å²) < 4.78 is 34.3. The molecule has 11 unspecified atom stereocenters. The molecular formula is C63H110O14. The summed E-state index contributed by atoms with van der Waals surface area (Å²) in [6.07, 6.45) is 46.9. The molecule has 14 heteroatoms. The minimum Gasteiger partial charge on any atom is -0.457 e. The van der Waals surface area contributed by atoms with Crippen molar-refractivity contribution < 1.29 is 69.0 Å². The van der Waals surface area contributed by atoms with E-state index in [0.29, 0.717) is 13.0 Å². The Morgan fingerprint density at radius 2 is 0.831 bits per heavy atom. The lowest BCUT2D eigenvalue weighted by atomic mass is 9.98. The van der Waals surface area contributed by atoms with E-state index in [1.54, 1.807) is 0 Å². The monoisotopic (exact) mass is 1090 g/mol. The number of rotatable bonds is 49. The van der Waals surface area contributed by atoms with E-state index in [4.69, 9.17) is 28.4 Å². The van der Waals surface area contributed by atoms with Crippen LogP contribution in [0.3, 0.4) is 0 Å². The van der Waals surface area contributed by atoms with Crippen LogP contribution in [0.2, 0.25) is 0 Å². The third kappa shape index (κ3) is 35.7. The fourth-order valence-electron chi connectivity index (χ4n) is 9.36. The lowest BCUT2D eigenvalue weighted by Crippen LogP contribution is -2.61. The Morgan fingerprint density at radius 1 is 0.442 bits per heavy atom. The molecule has 0 bridgehead atoms. The van der Waals surface area contributed by atoms with Crippen LogP contribution in [-0.4, -0.2) is 142 Å². The van der Waals surface area contributed by atoms with Gasteiger partial charge in [0.25, 0.3) is 0 Å². The average Bonchev–Trinajstić information content (AvgIpc) is 3.43. The van der Waals surface area contributed by atoms with Crippen LogP contribution in [0.4, 0.5) is 0 Å². The van der Waals surface area contributed by atoms with Crippen molar-refractivity contribution in [3.63, 3.8) is 0 Å². The van der Waals surface area contributed by atoms with E-state index >= 15 is 0 Å². The van der Waals surface area contributed by atoms with Gasteiger partial charge in [-0.2, -0.15) is 0 Å². The third-order valence-corrected chi connectivity index (χ3v) is 14.2. The van der Waals surface area contributed by atoms with Gasteiger partial charge in [-0.15, -0.1) is 0 Å². The first kappa shape index (κ1) is 70.5. The van der Waals surface area contributed by atoms with Crippen LogP contribution in [0.15, 0.2) is 72.9 Å². The Kier molecular flexibility index (Phi) is 45.1. The Bertz CT molecular complexity index is 1550. The summed E-state index contributed by atoms with van der Waals surface area (Å²) in [7, 11) is 0. The molecule has 77 heavy (non-hydrogen) atoms. The molecule has 0 aromatic heterocycles. The maximum Gasteiger partial charge on any atom is 0.306 e. The highest BCUT2D eigenvalue weighted by molar-refractivity contribution is 5.69. The number of allylic oxidation sites excluding steroid dienone is 12. The quantitative estimate of drug-likeness (QED) is 0.0172. The van der Waals surface area contributed by atoms with E-state index in [0.717, 1.165) is 70.6 Å². The summed E-state index contributed by atoms with van der Waals surface area (Å²) in [5, 5.41) is 72.4. The first-order chi connectivity index (χ1) is 37.6. The van der Waals surface area contributed by atoms with Crippen molar-refractivity contribution in [1.29, 1.82) is 0 Å². The zero-order chi connectivity index (χ0) is 55.8. The molecule has 14 nitrogen and oxygen atoms in total. The van der Waals surface area contributed by atoms with Gasteiger partial charge in [-0.3, -0.25) is 4.79 Å². The zero-order valence-electron chi connectivity index (χ0n) is 47.9. The first-order valence-electron chi connectivity index (χ1n) is 30.5. The molecule has 11 atom stereocenters. The largest absolute Gasteiger partial charge is 0.457 e. The average molecular weight is 1090 g/mol. The topological polar surface area (TPSA) is 214 Å². The number of ether oxygens (including phenoxy) is 6. The Morgan fingerprint density at radius 3 is 1.27 bits per heavy atom. The number of aliphatic hydroxyl groups excluding tert-OH is 7. The molecule has 0 aromatic rings. The van der Waals surface area contributed by atoms with Crippen LogP contribution in [0.5, 0.6) is 0 Å². The van der Waals surface area contributed by atoms with Crippen LogP contribution < -0.4 is 0 Å². The second kappa shape index (κ2) is 49.3. The summed E-state index contributed by atoms with van der Waals surface area (Å²) in [5.74, 6) is -0.393. The molecule has 2 aliphatic heterocycles. The minimum absolute atomic E-state index is 0.0204. The van der Waals surface area contributed by atoms with Crippen molar-refractivity contribution in [2.24, 2.45) is 0 Å². The van der Waals surface area contributed by atoms with Crippen LogP contribution in [-0.2, 0) is 33.2 Å². The minimum atomic E-state index is -1.72. The Balaban J connectivity index is 1.72. The van der Waals surface area contributed by atoms with Crippen LogP contribution in [0.25, 0.3) is 0 Å². The van der Waals surface area contributed by atoms with E-state index < -0.39 is 86.7 Å². The van der Waals surface area contributed by atoms with Gasteiger partial charge in [0.15, 0.2) is 12.6 Å². The molecule has 7 N–H and O–H groups in total. The maximum absolute atomic E-state index is 13.1. The third-order valence-electron chi connectivity index (χ3n) is 14.2. The molecule has 0 radical (unpaired) electrons. The number of aliphatic hydroxyl groups is 7. The zero-order valence-corrected chi connectivity index (χ0v) is 47.9. The Labute approximate surface area is 466 Å². The van der Waals surface area contributed by atoms with Gasteiger partial charge in [0.05, 0.1) is 26.4 Å². The van der Waals surface area contributed by atoms with E-state index in [1.807, 2.05) is 0 Å². The van der Waals surface area contributed by atoms with Crippen molar-refractivity contribution in [3.05, 3.63) is 72.9 Å². The number of unbranched alkanes of at least 4 members (excludes halogenated alkanes) is 23. The summed E-state index contributed by atoms with van der Waals surface area (Å²) >= 11 is 0. The summed E-state index contributed by atoms with van der Waals surface area (Å²) in [5.41, 5.74) is 0. The van der Waals surface area contributed by atoms with Gasteiger partial charge in [-0.05, 0) is 57.8 Å². The smallest absolute Gasteiger partial charge is 0.306 e. The Hall–Kier alpha value is -2.57. The number of carbonyl (C=O) groups excluding carboxylic acids is 1. The van der Waals surface area contributed by atoms with Crippen molar-refractivity contribution in [3.8, 4) is 0 Å². The van der Waals surface area contributed by atoms with Crippen LogP contribution in [0, 0.1) is 0 Å². The predicted molar refractivity (Wildman–Crippen MR) is 307 cm³/mol. The molecule has 2 aliphatic rings. The summed E-state index contributed by atoms with van der Waals surface area (Å²) in [6, 6.07) is 0. The second-order valence-electron chi connectivity index (χ2n) is 21.2. The maximum atomic E-state index is 13.1. The molecular weight excluding hydrogens is 981 g/mol. The molecule has 0 spiro atoms. The molecule has 0 aliphatic carbocycles. The van der Waals surface area contributed by atoms with Crippen molar-refractivity contribution >= 4 is 5.97 Å². The lowest BCUT2D eigenvalue weighted by Gasteiger charge is -2.42. The van der Waals surface area contributed by atoms with Gasteiger partial charge in [0.2, 0.25) is 0 Å². The molecule has 2 heterocycles. The highest BCUT2D eigenvalue weighted by Gasteiger charge is 2.47. The molecule has 446 valence electrons. The molecule has 2 fully saturated rings. The fourth-order valence-corrected chi connectivity index (χ4v) is 9.36. The van der Waals surface area contributed by atoms with Crippen LogP contribution in [0.1, 0.15) is 219 Å². The predicted octanol–water partition coefficient (Wildman–Crippen LogP) is 11.4. The molecule has 0 aromatic carbocycles. The second-order valence-corrected chi connectivity index (χ2v) is 21.2. The standard InChI is InChI=1S/C63H110O14/c1-3-5-7-9-11-13-15-17-19-21-23-25-26-27-28-30-32-34-36-38-40-42-44-46-55(65)75-52(49-72-47-45-43-41-39-37-35-33-31-29-24-22-20-18-16-14-12-10-8-6-4-2)50-73-62-61(71)59(69)57(67)54(77-62)51-74-63-60(70)58(68)56(66)53(48-64)76-63/h6,8,12,14,18,20,24,29,33,35,39,41,52-54,56-64,66-71H,3-5,7,9-11,13,15-17,19,21-23,25-28,30-32,34,36-38,40,42-51H2,1-2H3/b8-6-,14-12-,20-18-,29-24-,35-33-,41-39-. The fraction of sp³-hybridized carbons (Fsp3) is 0.794. The van der Waals surface area contributed by atoms with Gasteiger partial charge < -0.3 is 64.2 Å². The number of carbonyl (C=O) groups is 1.